The van der Waals surface area contributed by atoms with Crippen LogP contribution in [0, 0.1) is 5.41 Å². The summed E-state index contributed by atoms with van der Waals surface area (Å²) in [5.41, 5.74) is 1.16. The van der Waals surface area contributed by atoms with Crippen molar-refractivity contribution in [1.29, 1.82) is 0 Å². The topological polar surface area (TPSA) is 49.8 Å². The van der Waals surface area contributed by atoms with Gasteiger partial charge in [0, 0.05) is 19.7 Å². The SMILES string of the molecule is CC1(CCO)CCN(C(=O)OCc2ccccc2)CC1. The maximum Gasteiger partial charge on any atom is 0.410 e. The molecular formula is C16H23NO3. The first-order valence-corrected chi connectivity index (χ1v) is 7.19. The van der Waals surface area contributed by atoms with Gasteiger partial charge in [-0.25, -0.2) is 4.79 Å². The third kappa shape index (κ3) is 3.97. The summed E-state index contributed by atoms with van der Waals surface area (Å²) in [5.74, 6) is 0. The van der Waals surface area contributed by atoms with Gasteiger partial charge in [0.05, 0.1) is 0 Å². The Labute approximate surface area is 120 Å². The van der Waals surface area contributed by atoms with Crippen LogP contribution in [0.15, 0.2) is 30.3 Å². The molecular weight excluding hydrogens is 254 g/mol. The number of aliphatic hydroxyl groups is 1. The Hall–Kier alpha value is -1.55. The van der Waals surface area contributed by atoms with Crippen molar-refractivity contribution in [2.75, 3.05) is 19.7 Å². The average Bonchev–Trinajstić information content (AvgIpc) is 2.47. The van der Waals surface area contributed by atoms with E-state index in [1.165, 1.54) is 0 Å². The van der Waals surface area contributed by atoms with Gasteiger partial charge in [0.25, 0.3) is 0 Å². The van der Waals surface area contributed by atoms with Gasteiger partial charge in [-0.05, 0) is 30.2 Å². The van der Waals surface area contributed by atoms with E-state index >= 15 is 0 Å². The Bertz CT molecular complexity index is 425. The molecule has 1 saturated heterocycles. The standard InChI is InChI=1S/C16H23NO3/c1-16(9-12-18)7-10-17(11-8-16)15(19)20-13-14-5-3-2-4-6-14/h2-6,18H,7-13H2,1H3. The van der Waals surface area contributed by atoms with E-state index in [4.69, 9.17) is 9.84 Å². The molecule has 2 rings (SSSR count). The maximum absolute atomic E-state index is 12.0. The molecule has 1 heterocycles. The van der Waals surface area contributed by atoms with Crippen LogP contribution in [0.5, 0.6) is 0 Å². The highest BCUT2D eigenvalue weighted by Crippen LogP contribution is 2.34. The minimum Gasteiger partial charge on any atom is -0.445 e. The predicted octanol–water partition coefficient (Wildman–Crippen LogP) is 2.81. The number of aliphatic hydroxyl groups excluding tert-OH is 1. The van der Waals surface area contributed by atoms with Gasteiger partial charge in [-0.15, -0.1) is 0 Å². The molecule has 0 atom stereocenters. The van der Waals surface area contributed by atoms with Crippen molar-refractivity contribution in [3.63, 3.8) is 0 Å². The van der Waals surface area contributed by atoms with Gasteiger partial charge in [-0.2, -0.15) is 0 Å². The van der Waals surface area contributed by atoms with Gasteiger partial charge in [0.1, 0.15) is 6.61 Å². The molecule has 0 spiro atoms. The molecule has 1 fully saturated rings. The summed E-state index contributed by atoms with van der Waals surface area (Å²) in [7, 11) is 0. The van der Waals surface area contributed by atoms with Gasteiger partial charge in [0.2, 0.25) is 0 Å². The first-order chi connectivity index (χ1) is 9.63. The number of piperidine rings is 1. The number of hydrogen-bond donors (Lipinski definition) is 1. The van der Waals surface area contributed by atoms with E-state index in [0.717, 1.165) is 24.8 Å². The summed E-state index contributed by atoms with van der Waals surface area (Å²) in [6.07, 6.45) is 2.42. The van der Waals surface area contributed by atoms with Crippen LogP contribution in [-0.2, 0) is 11.3 Å². The van der Waals surface area contributed by atoms with E-state index in [2.05, 4.69) is 6.92 Å². The minimum absolute atomic E-state index is 0.158. The Balaban J connectivity index is 1.77. The molecule has 4 heteroatoms. The molecule has 0 radical (unpaired) electrons. The molecule has 4 nitrogen and oxygen atoms in total. The van der Waals surface area contributed by atoms with Crippen molar-refractivity contribution in [1.82, 2.24) is 4.90 Å². The molecule has 0 saturated carbocycles. The molecule has 1 aliphatic rings. The first kappa shape index (κ1) is 14.9. The second-order valence-corrected chi connectivity index (χ2v) is 5.81. The highest BCUT2D eigenvalue weighted by atomic mass is 16.6. The van der Waals surface area contributed by atoms with Crippen molar-refractivity contribution in [2.45, 2.75) is 32.8 Å². The van der Waals surface area contributed by atoms with Gasteiger partial charge in [-0.1, -0.05) is 37.3 Å². The molecule has 110 valence electrons. The lowest BCUT2D eigenvalue weighted by Crippen LogP contribution is -2.42. The fourth-order valence-corrected chi connectivity index (χ4v) is 2.56. The van der Waals surface area contributed by atoms with E-state index in [0.29, 0.717) is 19.7 Å². The number of likely N-dealkylation sites (tertiary alicyclic amines) is 1. The van der Waals surface area contributed by atoms with Crippen LogP contribution in [-0.4, -0.2) is 35.8 Å². The average molecular weight is 277 g/mol. The van der Waals surface area contributed by atoms with Crippen LogP contribution in [0.3, 0.4) is 0 Å². The highest BCUT2D eigenvalue weighted by Gasteiger charge is 2.31. The van der Waals surface area contributed by atoms with Crippen LogP contribution in [0.2, 0.25) is 0 Å². The Morgan fingerprint density at radius 2 is 1.95 bits per heavy atom. The van der Waals surface area contributed by atoms with E-state index in [-0.39, 0.29) is 18.1 Å². The number of carbonyl (C=O) groups excluding carboxylic acids is 1. The largest absolute Gasteiger partial charge is 0.445 e. The van der Waals surface area contributed by atoms with Crippen LogP contribution >= 0.6 is 0 Å². The van der Waals surface area contributed by atoms with Crippen molar-refractivity contribution in [2.24, 2.45) is 5.41 Å². The lowest BCUT2D eigenvalue weighted by Gasteiger charge is -2.38. The van der Waals surface area contributed by atoms with E-state index in [1.54, 1.807) is 4.90 Å². The molecule has 1 amide bonds. The quantitative estimate of drug-likeness (QED) is 0.920. The zero-order valence-electron chi connectivity index (χ0n) is 12.0. The van der Waals surface area contributed by atoms with Crippen LogP contribution in [0.1, 0.15) is 31.7 Å². The fourth-order valence-electron chi connectivity index (χ4n) is 2.56. The smallest absolute Gasteiger partial charge is 0.410 e. The van der Waals surface area contributed by atoms with E-state index in [1.807, 2.05) is 30.3 Å². The first-order valence-electron chi connectivity index (χ1n) is 7.19. The van der Waals surface area contributed by atoms with E-state index < -0.39 is 0 Å². The van der Waals surface area contributed by atoms with Crippen LogP contribution in [0.25, 0.3) is 0 Å². The highest BCUT2D eigenvalue weighted by molar-refractivity contribution is 5.67. The summed E-state index contributed by atoms with van der Waals surface area (Å²) in [4.78, 5) is 13.8. The maximum atomic E-state index is 12.0. The van der Waals surface area contributed by atoms with Crippen LogP contribution < -0.4 is 0 Å². The number of carbonyl (C=O) groups is 1. The second-order valence-electron chi connectivity index (χ2n) is 5.81. The third-order valence-corrected chi connectivity index (χ3v) is 4.15. The van der Waals surface area contributed by atoms with Gasteiger partial charge in [0.15, 0.2) is 0 Å². The summed E-state index contributed by atoms with van der Waals surface area (Å²) in [6.45, 7) is 4.14. The van der Waals surface area contributed by atoms with E-state index in [9.17, 15) is 4.79 Å². The van der Waals surface area contributed by atoms with Crippen molar-refractivity contribution < 1.29 is 14.6 Å². The number of nitrogens with zero attached hydrogens (tertiary/aromatic N) is 1. The number of hydrogen-bond acceptors (Lipinski definition) is 3. The van der Waals surface area contributed by atoms with Crippen molar-refractivity contribution in [3.8, 4) is 0 Å². The normalized spacial score (nSPS) is 17.8. The monoisotopic (exact) mass is 277 g/mol. The second kappa shape index (κ2) is 6.75. The van der Waals surface area contributed by atoms with Crippen molar-refractivity contribution in [3.05, 3.63) is 35.9 Å². The zero-order valence-corrected chi connectivity index (χ0v) is 12.0. The molecule has 1 aliphatic heterocycles. The molecule has 1 aromatic carbocycles. The minimum atomic E-state index is -0.236. The number of rotatable bonds is 4. The number of amides is 1. The molecule has 0 aliphatic carbocycles. The van der Waals surface area contributed by atoms with Crippen LogP contribution in [0.4, 0.5) is 4.79 Å². The van der Waals surface area contributed by atoms with Gasteiger partial charge in [-0.3, -0.25) is 0 Å². The summed E-state index contributed by atoms with van der Waals surface area (Å²) >= 11 is 0. The lowest BCUT2D eigenvalue weighted by atomic mass is 9.78. The Kier molecular flexibility index (Phi) is 5.01. The summed E-state index contributed by atoms with van der Waals surface area (Å²) < 4.78 is 5.33. The third-order valence-electron chi connectivity index (χ3n) is 4.15. The number of ether oxygens (including phenoxy) is 1. The lowest BCUT2D eigenvalue weighted by molar-refractivity contribution is 0.0577. The summed E-state index contributed by atoms with van der Waals surface area (Å²) in [5, 5.41) is 9.06. The number of benzene rings is 1. The zero-order chi connectivity index (χ0) is 14.4. The Morgan fingerprint density at radius 3 is 2.55 bits per heavy atom. The van der Waals surface area contributed by atoms with Gasteiger partial charge < -0.3 is 14.7 Å². The Morgan fingerprint density at radius 1 is 1.30 bits per heavy atom. The van der Waals surface area contributed by atoms with Crippen molar-refractivity contribution >= 4 is 6.09 Å². The molecule has 0 bridgehead atoms. The summed E-state index contributed by atoms with van der Waals surface area (Å²) in [6, 6.07) is 9.70. The molecule has 20 heavy (non-hydrogen) atoms. The van der Waals surface area contributed by atoms with Gasteiger partial charge >= 0.3 is 6.09 Å². The predicted molar refractivity (Wildman–Crippen MR) is 77.2 cm³/mol. The fraction of sp³-hybridized carbons (Fsp3) is 0.562. The molecule has 0 aromatic heterocycles. The molecule has 1 aromatic rings. The molecule has 0 unspecified atom stereocenters. The molecule has 1 N–H and O–H groups in total.